The molecule has 2 aromatic rings. The van der Waals surface area contributed by atoms with E-state index in [0.29, 0.717) is 5.92 Å². The summed E-state index contributed by atoms with van der Waals surface area (Å²) in [6.07, 6.45) is 4.92. The summed E-state index contributed by atoms with van der Waals surface area (Å²) >= 11 is 0. The summed E-state index contributed by atoms with van der Waals surface area (Å²) in [6.45, 7) is 3.34. The summed E-state index contributed by atoms with van der Waals surface area (Å²) in [5.41, 5.74) is 1.98. The minimum atomic E-state index is 0.487. The topological polar surface area (TPSA) is 49.2 Å². The molecule has 0 radical (unpaired) electrons. The molecule has 5 heteroatoms. The fraction of sp³-hybridized carbons (Fsp3) is 0.600. The minimum absolute atomic E-state index is 0.487. The van der Waals surface area contributed by atoms with Gasteiger partial charge in [-0.1, -0.05) is 0 Å². The van der Waals surface area contributed by atoms with Crippen molar-refractivity contribution >= 4 is 11.2 Å². The van der Waals surface area contributed by atoms with Gasteiger partial charge < -0.3 is 14.0 Å². The summed E-state index contributed by atoms with van der Waals surface area (Å²) in [5.74, 6) is 1.65. The Morgan fingerprint density at radius 1 is 1.40 bits per heavy atom. The molecule has 5 nitrogen and oxygen atoms in total. The molecule has 3 heterocycles. The van der Waals surface area contributed by atoms with Gasteiger partial charge in [0.15, 0.2) is 5.65 Å². The second kappa shape index (κ2) is 6.33. The van der Waals surface area contributed by atoms with Gasteiger partial charge in [0.05, 0.1) is 0 Å². The molecule has 0 unspecified atom stereocenters. The largest absolute Gasteiger partial charge is 0.385 e. The Balaban J connectivity index is 1.93. The molecule has 0 amide bonds. The number of methoxy groups -OCH3 is 1. The molecule has 0 spiro atoms. The number of fused-ring (bicyclic) bond motifs is 1. The summed E-state index contributed by atoms with van der Waals surface area (Å²) in [7, 11) is 1.74. The van der Waals surface area contributed by atoms with Crippen LogP contribution in [0, 0.1) is 0 Å². The number of pyridine rings is 1. The molecule has 0 saturated carbocycles. The lowest BCUT2D eigenvalue weighted by Crippen LogP contribution is -2.18. The van der Waals surface area contributed by atoms with E-state index in [9.17, 15) is 0 Å². The van der Waals surface area contributed by atoms with Gasteiger partial charge in [-0.25, -0.2) is 9.97 Å². The van der Waals surface area contributed by atoms with Gasteiger partial charge in [0, 0.05) is 45.6 Å². The molecule has 1 saturated heterocycles. The predicted molar refractivity (Wildman–Crippen MR) is 76.8 cm³/mol. The summed E-state index contributed by atoms with van der Waals surface area (Å²) in [4.78, 5) is 9.32. The molecule has 20 heavy (non-hydrogen) atoms. The lowest BCUT2D eigenvalue weighted by Gasteiger charge is -2.22. The van der Waals surface area contributed by atoms with Crippen LogP contribution in [0.1, 0.15) is 31.0 Å². The van der Waals surface area contributed by atoms with E-state index >= 15 is 0 Å². The number of aryl methyl sites for hydroxylation is 1. The number of aromatic nitrogens is 3. The number of rotatable bonds is 5. The predicted octanol–water partition coefficient (Wildman–Crippen LogP) is 2.36. The van der Waals surface area contributed by atoms with Crippen molar-refractivity contribution in [3.63, 3.8) is 0 Å². The summed E-state index contributed by atoms with van der Waals surface area (Å²) in [6, 6.07) is 3.99. The molecule has 0 N–H and O–H groups in total. The maximum Gasteiger partial charge on any atom is 0.159 e. The van der Waals surface area contributed by atoms with E-state index < -0.39 is 0 Å². The monoisotopic (exact) mass is 275 g/mol. The molecule has 3 rings (SSSR count). The van der Waals surface area contributed by atoms with Crippen molar-refractivity contribution in [2.45, 2.75) is 31.7 Å². The highest BCUT2D eigenvalue weighted by molar-refractivity contribution is 5.71. The fourth-order valence-corrected chi connectivity index (χ4v) is 2.83. The molecule has 2 aromatic heterocycles. The Hall–Kier alpha value is -1.46. The van der Waals surface area contributed by atoms with E-state index in [1.807, 2.05) is 18.3 Å². The minimum Gasteiger partial charge on any atom is -0.385 e. The van der Waals surface area contributed by atoms with Crippen molar-refractivity contribution < 1.29 is 9.47 Å². The first-order valence-corrected chi connectivity index (χ1v) is 7.28. The summed E-state index contributed by atoms with van der Waals surface area (Å²) < 4.78 is 12.9. The van der Waals surface area contributed by atoms with Gasteiger partial charge in [0.2, 0.25) is 0 Å². The van der Waals surface area contributed by atoms with Crippen LogP contribution in [0.3, 0.4) is 0 Å². The van der Waals surface area contributed by atoms with Gasteiger partial charge in [-0.2, -0.15) is 0 Å². The standard InChI is InChI=1S/C15H21N3O2/c1-19-9-3-8-18-14(12-5-10-20-11-6-12)17-13-4-2-7-16-15(13)18/h2,4,7,12H,3,5-6,8-11H2,1H3. The van der Waals surface area contributed by atoms with Gasteiger partial charge >= 0.3 is 0 Å². The Morgan fingerprint density at radius 3 is 3.05 bits per heavy atom. The fourth-order valence-electron chi connectivity index (χ4n) is 2.83. The van der Waals surface area contributed by atoms with Crippen LogP contribution >= 0.6 is 0 Å². The SMILES string of the molecule is COCCCn1c(C2CCOCC2)nc2cccnc21. The van der Waals surface area contributed by atoms with E-state index in [2.05, 4.69) is 9.55 Å². The van der Waals surface area contributed by atoms with Crippen LogP contribution in [0.4, 0.5) is 0 Å². The molecule has 1 aliphatic heterocycles. The molecule has 0 aromatic carbocycles. The van der Waals surface area contributed by atoms with E-state index in [1.165, 1.54) is 0 Å². The van der Waals surface area contributed by atoms with Gasteiger partial charge in [0.25, 0.3) is 0 Å². The third-order valence-corrected chi connectivity index (χ3v) is 3.85. The number of ether oxygens (including phenoxy) is 2. The molecular weight excluding hydrogens is 254 g/mol. The Labute approximate surface area is 118 Å². The van der Waals surface area contributed by atoms with Crippen LogP contribution in [0.2, 0.25) is 0 Å². The molecular formula is C15H21N3O2. The normalized spacial score (nSPS) is 16.9. The first kappa shape index (κ1) is 13.5. The highest BCUT2D eigenvalue weighted by Gasteiger charge is 2.22. The van der Waals surface area contributed by atoms with E-state index in [1.54, 1.807) is 7.11 Å². The zero-order chi connectivity index (χ0) is 13.8. The van der Waals surface area contributed by atoms with E-state index in [4.69, 9.17) is 14.5 Å². The Bertz CT molecular complexity index is 561. The van der Waals surface area contributed by atoms with E-state index in [-0.39, 0.29) is 0 Å². The van der Waals surface area contributed by atoms with Crippen LogP contribution in [0.25, 0.3) is 11.2 Å². The van der Waals surface area contributed by atoms with Crippen molar-refractivity contribution in [1.29, 1.82) is 0 Å². The first-order valence-electron chi connectivity index (χ1n) is 7.28. The summed E-state index contributed by atoms with van der Waals surface area (Å²) in [5, 5.41) is 0. The first-order chi connectivity index (χ1) is 9.90. The zero-order valence-electron chi connectivity index (χ0n) is 11.9. The lowest BCUT2D eigenvalue weighted by atomic mass is 9.99. The molecule has 1 fully saturated rings. The highest BCUT2D eigenvalue weighted by atomic mass is 16.5. The van der Waals surface area contributed by atoms with Crippen molar-refractivity contribution in [3.8, 4) is 0 Å². The third-order valence-electron chi connectivity index (χ3n) is 3.85. The maximum absolute atomic E-state index is 5.46. The second-order valence-corrected chi connectivity index (χ2v) is 5.20. The van der Waals surface area contributed by atoms with Crippen molar-refractivity contribution in [3.05, 3.63) is 24.2 Å². The van der Waals surface area contributed by atoms with Crippen LogP contribution in [-0.2, 0) is 16.0 Å². The van der Waals surface area contributed by atoms with Crippen LogP contribution in [0.15, 0.2) is 18.3 Å². The lowest BCUT2D eigenvalue weighted by molar-refractivity contribution is 0.0827. The molecule has 0 bridgehead atoms. The number of imidazole rings is 1. The van der Waals surface area contributed by atoms with Crippen molar-refractivity contribution in [2.75, 3.05) is 26.9 Å². The van der Waals surface area contributed by atoms with Gasteiger partial charge in [-0.05, 0) is 31.4 Å². The molecule has 1 aliphatic rings. The van der Waals surface area contributed by atoms with Crippen molar-refractivity contribution in [1.82, 2.24) is 14.5 Å². The second-order valence-electron chi connectivity index (χ2n) is 5.20. The maximum atomic E-state index is 5.46. The zero-order valence-corrected chi connectivity index (χ0v) is 11.9. The quantitative estimate of drug-likeness (QED) is 0.786. The number of hydrogen-bond acceptors (Lipinski definition) is 4. The third kappa shape index (κ3) is 2.69. The van der Waals surface area contributed by atoms with Crippen LogP contribution in [0.5, 0.6) is 0 Å². The van der Waals surface area contributed by atoms with Crippen LogP contribution in [-0.4, -0.2) is 41.5 Å². The highest BCUT2D eigenvalue weighted by Crippen LogP contribution is 2.28. The molecule has 0 atom stereocenters. The molecule has 0 aliphatic carbocycles. The van der Waals surface area contributed by atoms with Gasteiger partial charge in [-0.3, -0.25) is 0 Å². The number of nitrogens with zero attached hydrogens (tertiary/aromatic N) is 3. The average Bonchev–Trinajstić information content (AvgIpc) is 2.87. The van der Waals surface area contributed by atoms with Crippen molar-refractivity contribution in [2.24, 2.45) is 0 Å². The Morgan fingerprint density at radius 2 is 2.25 bits per heavy atom. The van der Waals surface area contributed by atoms with Gasteiger partial charge in [-0.15, -0.1) is 0 Å². The van der Waals surface area contributed by atoms with Crippen LogP contribution < -0.4 is 0 Å². The molecule has 108 valence electrons. The van der Waals surface area contributed by atoms with Gasteiger partial charge in [0.1, 0.15) is 11.3 Å². The number of hydrogen-bond donors (Lipinski definition) is 0. The smallest absolute Gasteiger partial charge is 0.159 e. The Kier molecular flexibility index (Phi) is 4.28. The average molecular weight is 275 g/mol. The van der Waals surface area contributed by atoms with E-state index in [0.717, 1.165) is 62.6 Å².